The van der Waals surface area contributed by atoms with Crippen LogP contribution in [0.1, 0.15) is 0 Å². The predicted octanol–water partition coefficient (Wildman–Crippen LogP) is 11.7. The SMILES string of the molecule is c1ccc(-c2cc(-c3nc(-c4ccccc4)nc(-c4cc5ccccc5c5ccccc45)n3)cc(-c3cccc4ccccc34)c2)cc1. The summed E-state index contributed by atoms with van der Waals surface area (Å²) in [5.41, 5.74) is 7.40. The molecule has 0 saturated carbocycles. The molecule has 0 fully saturated rings. The first-order valence-electron chi connectivity index (χ1n) is 16.2. The molecular formula is C45H29N3. The van der Waals surface area contributed by atoms with Crippen LogP contribution in [0.2, 0.25) is 0 Å². The first-order chi connectivity index (χ1) is 23.8. The van der Waals surface area contributed by atoms with Crippen LogP contribution in [0.15, 0.2) is 176 Å². The lowest BCUT2D eigenvalue weighted by Gasteiger charge is -2.14. The smallest absolute Gasteiger partial charge is 0.164 e. The van der Waals surface area contributed by atoms with Gasteiger partial charge in [-0.15, -0.1) is 0 Å². The van der Waals surface area contributed by atoms with Gasteiger partial charge in [-0.25, -0.2) is 15.0 Å². The van der Waals surface area contributed by atoms with Crippen molar-refractivity contribution in [2.75, 3.05) is 0 Å². The van der Waals surface area contributed by atoms with Gasteiger partial charge in [-0.05, 0) is 78.8 Å². The van der Waals surface area contributed by atoms with Crippen molar-refractivity contribution in [1.29, 1.82) is 0 Å². The molecule has 0 spiro atoms. The van der Waals surface area contributed by atoms with Crippen LogP contribution in [-0.2, 0) is 0 Å². The Morgan fingerprint density at radius 3 is 1.54 bits per heavy atom. The summed E-state index contributed by atoms with van der Waals surface area (Å²) in [4.78, 5) is 15.6. The van der Waals surface area contributed by atoms with E-state index in [9.17, 15) is 0 Å². The fourth-order valence-electron chi connectivity index (χ4n) is 6.77. The zero-order valence-corrected chi connectivity index (χ0v) is 26.1. The maximum Gasteiger partial charge on any atom is 0.164 e. The van der Waals surface area contributed by atoms with E-state index >= 15 is 0 Å². The lowest BCUT2D eigenvalue weighted by Crippen LogP contribution is -2.01. The number of fused-ring (bicyclic) bond motifs is 4. The third-order valence-electron chi connectivity index (χ3n) is 9.08. The zero-order chi connectivity index (χ0) is 31.9. The normalized spacial score (nSPS) is 11.3. The van der Waals surface area contributed by atoms with E-state index in [1.807, 2.05) is 18.2 Å². The van der Waals surface area contributed by atoms with Crippen LogP contribution in [0.5, 0.6) is 0 Å². The molecule has 0 unspecified atom stereocenters. The maximum absolute atomic E-state index is 5.27. The van der Waals surface area contributed by atoms with Crippen molar-refractivity contribution >= 4 is 32.3 Å². The van der Waals surface area contributed by atoms with Crippen molar-refractivity contribution in [3.05, 3.63) is 176 Å². The third-order valence-corrected chi connectivity index (χ3v) is 9.08. The summed E-state index contributed by atoms with van der Waals surface area (Å²) in [6, 6.07) is 61.7. The predicted molar refractivity (Wildman–Crippen MR) is 200 cm³/mol. The van der Waals surface area contributed by atoms with Crippen molar-refractivity contribution in [3.63, 3.8) is 0 Å². The Hall–Kier alpha value is -6.45. The minimum absolute atomic E-state index is 0.635. The zero-order valence-electron chi connectivity index (χ0n) is 26.1. The molecule has 0 aliphatic heterocycles. The fourth-order valence-corrected chi connectivity index (χ4v) is 6.77. The molecule has 1 aromatic heterocycles. The second-order valence-electron chi connectivity index (χ2n) is 12.1. The Morgan fingerprint density at radius 2 is 0.771 bits per heavy atom. The fraction of sp³-hybridized carbons (Fsp3) is 0. The van der Waals surface area contributed by atoms with Gasteiger partial charge in [-0.1, -0.05) is 152 Å². The van der Waals surface area contributed by atoms with Crippen LogP contribution in [0.3, 0.4) is 0 Å². The van der Waals surface area contributed by atoms with Gasteiger partial charge in [-0.3, -0.25) is 0 Å². The van der Waals surface area contributed by atoms with E-state index in [-0.39, 0.29) is 0 Å². The lowest BCUT2D eigenvalue weighted by molar-refractivity contribution is 1.08. The van der Waals surface area contributed by atoms with Gasteiger partial charge in [0.25, 0.3) is 0 Å². The summed E-state index contributed by atoms with van der Waals surface area (Å²) in [5.74, 6) is 1.93. The van der Waals surface area contributed by atoms with E-state index in [0.29, 0.717) is 17.5 Å². The minimum Gasteiger partial charge on any atom is -0.208 e. The van der Waals surface area contributed by atoms with Crippen molar-refractivity contribution in [2.24, 2.45) is 0 Å². The highest BCUT2D eigenvalue weighted by Gasteiger charge is 2.17. The Balaban J connectivity index is 1.33. The van der Waals surface area contributed by atoms with Gasteiger partial charge in [0, 0.05) is 16.7 Å². The number of nitrogens with zero attached hydrogens (tertiary/aromatic N) is 3. The lowest BCUT2D eigenvalue weighted by atomic mass is 9.93. The molecule has 0 radical (unpaired) electrons. The largest absolute Gasteiger partial charge is 0.208 e. The highest BCUT2D eigenvalue weighted by atomic mass is 15.0. The molecule has 9 aromatic rings. The third kappa shape index (κ3) is 4.99. The van der Waals surface area contributed by atoms with Crippen molar-refractivity contribution in [1.82, 2.24) is 15.0 Å². The molecule has 8 aromatic carbocycles. The topological polar surface area (TPSA) is 38.7 Å². The van der Waals surface area contributed by atoms with Crippen molar-refractivity contribution in [3.8, 4) is 56.4 Å². The van der Waals surface area contributed by atoms with Crippen LogP contribution < -0.4 is 0 Å². The quantitative estimate of drug-likeness (QED) is 0.182. The molecular weight excluding hydrogens is 583 g/mol. The first-order valence-corrected chi connectivity index (χ1v) is 16.2. The molecule has 0 aliphatic carbocycles. The number of rotatable bonds is 5. The van der Waals surface area contributed by atoms with Gasteiger partial charge >= 0.3 is 0 Å². The molecule has 48 heavy (non-hydrogen) atoms. The Labute approximate surface area is 278 Å². The van der Waals surface area contributed by atoms with E-state index in [1.54, 1.807) is 0 Å². The average Bonchev–Trinajstić information content (AvgIpc) is 3.17. The van der Waals surface area contributed by atoms with Crippen molar-refractivity contribution in [2.45, 2.75) is 0 Å². The van der Waals surface area contributed by atoms with Gasteiger partial charge < -0.3 is 0 Å². The molecule has 9 rings (SSSR count). The molecule has 224 valence electrons. The number of hydrogen-bond donors (Lipinski definition) is 0. The Kier molecular flexibility index (Phi) is 6.80. The highest BCUT2D eigenvalue weighted by Crippen LogP contribution is 2.38. The molecule has 0 saturated heterocycles. The van der Waals surface area contributed by atoms with Gasteiger partial charge in [0.15, 0.2) is 17.5 Å². The number of aromatic nitrogens is 3. The monoisotopic (exact) mass is 611 g/mol. The van der Waals surface area contributed by atoms with Crippen LogP contribution in [0.25, 0.3) is 88.7 Å². The Bertz CT molecular complexity index is 2600. The molecule has 1 heterocycles. The number of benzene rings is 8. The molecule has 3 heteroatoms. The van der Waals surface area contributed by atoms with Gasteiger partial charge in [-0.2, -0.15) is 0 Å². The van der Waals surface area contributed by atoms with E-state index in [0.717, 1.165) is 44.2 Å². The number of hydrogen-bond acceptors (Lipinski definition) is 3. The van der Waals surface area contributed by atoms with E-state index in [1.165, 1.54) is 27.1 Å². The van der Waals surface area contributed by atoms with Crippen LogP contribution in [-0.4, -0.2) is 15.0 Å². The van der Waals surface area contributed by atoms with Crippen LogP contribution in [0.4, 0.5) is 0 Å². The molecule has 0 aliphatic rings. The van der Waals surface area contributed by atoms with E-state index in [4.69, 9.17) is 15.0 Å². The summed E-state index contributed by atoms with van der Waals surface area (Å²) in [7, 11) is 0. The summed E-state index contributed by atoms with van der Waals surface area (Å²) in [6.45, 7) is 0. The van der Waals surface area contributed by atoms with Crippen LogP contribution >= 0.6 is 0 Å². The van der Waals surface area contributed by atoms with E-state index in [2.05, 4.69) is 158 Å². The summed E-state index contributed by atoms with van der Waals surface area (Å²) in [6.07, 6.45) is 0. The highest BCUT2D eigenvalue weighted by molar-refractivity contribution is 6.13. The summed E-state index contributed by atoms with van der Waals surface area (Å²) < 4.78 is 0. The average molecular weight is 612 g/mol. The molecule has 0 bridgehead atoms. The first kappa shape index (κ1) is 27.8. The van der Waals surface area contributed by atoms with Gasteiger partial charge in [0.2, 0.25) is 0 Å². The second kappa shape index (κ2) is 11.7. The second-order valence-corrected chi connectivity index (χ2v) is 12.1. The summed E-state index contributed by atoms with van der Waals surface area (Å²) >= 11 is 0. The maximum atomic E-state index is 5.27. The Morgan fingerprint density at radius 1 is 0.250 bits per heavy atom. The van der Waals surface area contributed by atoms with Crippen LogP contribution in [0, 0.1) is 0 Å². The van der Waals surface area contributed by atoms with E-state index < -0.39 is 0 Å². The van der Waals surface area contributed by atoms with Crippen molar-refractivity contribution < 1.29 is 0 Å². The standard InChI is InChI=1S/C45H29N3/c1-3-14-30(15-4-1)34-26-35(39-25-13-20-31-16-7-9-21-37(31)39)28-36(27-34)44-46-43(32-17-5-2-6-18-32)47-45(48-44)42-29-33-19-8-10-22-38(33)40-23-11-12-24-41(40)42/h1-29H. The molecule has 0 atom stereocenters. The molecule has 3 nitrogen and oxygen atoms in total. The molecule has 0 N–H and O–H groups in total. The minimum atomic E-state index is 0.635. The van der Waals surface area contributed by atoms with Gasteiger partial charge in [0.1, 0.15) is 0 Å². The van der Waals surface area contributed by atoms with Gasteiger partial charge in [0.05, 0.1) is 0 Å². The molecule has 0 amide bonds. The summed E-state index contributed by atoms with van der Waals surface area (Å²) in [5, 5.41) is 7.07.